The minimum Gasteiger partial charge on any atom is -0.370 e. The van der Waals surface area contributed by atoms with E-state index in [1.807, 2.05) is 0 Å². The first-order valence-electron chi connectivity index (χ1n) is 7.14. The molecule has 3 nitrogen and oxygen atoms in total. The second-order valence-corrected chi connectivity index (χ2v) is 6.36. The molecule has 0 bridgehead atoms. The summed E-state index contributed by atoms with van der Waals surface area (Å²) < 4.78 is 0. The molecule has 2 rings (SSSR count). The van der Waals surface area contributed by atoms with Gasteiger partial charge in [-0.2, -0.15) is 0 Å². The van der Waals surface area contributed by atoms with Crippen molar-refractivity contribution in [3.63, 3.8) is 0 Å². The molecule has 0 amide bonds. The van der Waals surface area contributed by atoms with E-state index in [1.165, 1.54) is 38.5 Å². The second-order valence-electron chi connectivity index (χ2n) is 6.36. The molecule has 2 aliphatic rings. The number of rotatable bonds is 2. The largest absolute Gasteiger partial charge is 0.370 e. The monoisotopic (exact) mass is 365 g/mol. The van der Waals surface area contributed by atoms with Gasteiger partial charge in [-0.05, 0) is 37.0 Å². The van der Waals surface area contributed by atoms with Crippen LogP contribution in [0.2, 0.25) is 0 Å². The Hall–Kier alpha value is 0. The first kappa shape index (κ1) is 16.1. The van der Waals surface area contributed by atoms with Crippen LogP contribution in [0.3, 0.4) is 0 Å². The second kappa shape index (κ2) is 6.96. The van der Waals surface area contributed by atoms with Crippen molar-refractivity contribution < 1.29 is 0 Å². The van der Waals surface area contributed by atoms with Crippen LogP contribution < -0.4 is 5.73 Å². The molecule has 0 atom stereocenters. The normalized spacial score (nSPS) is 25.0. The van der Waals surface area contributed by atoms with Gasteiger partial charge in [-0.15, -0.1) is 24.0 Å². The molecule has 1 saturated carbocycles. The van der Waals surface area contributed by atoms with Crippen LogP contribution in [0.5, 0.6) is 0 Å². The van der Waals surface area contributed by atoms with E-state index in [2.05, 4.69) is 23.7 Å². The van der Waals surface area contributed by atoms with E-state index in [0.29, 0.717) is 5.41 Å². The zero-order chi connectivity index (χ0) is 12.3. The number of nitrogens with two attached hydrogens (primary N) is 1. The highest BCUT2D eigenvalue weighted by Gasteiger charge is 2.28. The van der Waals surface area contributed by atoms with Gasteiger partial charge >= 0.3 is 0 Å². The van der Waals surface area contributed by atoms with Crippen LogP contribution in [0.25, 0.3) is 0 Å². The highest BCUT2D eigenvalue weighted by Crippen LogP contribution is 2.37. The molecule has 1 heterocycles. The SMILES string of the molecule is CC1CCN(C(N)=NCC2(C)CCCC2)CC1.I. The summed E-state index contributed by atoms with van der Waals surface area (Å²) in [6, 6.07) is 0. The third kappa shape index (κ3) is 4.28. The quantitative estimate of drug-likeness (QED) is 0.464. The average Bonchev–Trinajstić information content (AvgIpc) is 2.75. The van der Waals surface area contributed by atoms with Crippen molar-refractivity contribution in [2.45, 2.75) is 52.4 Å². The van der Waals surface area contributed by atoms with Crippen molar-refractivity contribution in [1.82, 2.24) is 4.90 Å². The highest BCUT2D eigenvalue weighted by atomic mass is 127. The minimum atomic E-state index is 0. The molecule has 106 valence electrons. The maximum absolute atomic E-state index is 6.11. The van der Waals surface area contributed by atoms with Gasteiger partial charge in [-0.3, -0.25) is 4.99 Å². The topological polar surface area (TPSA) is 41.6 Å². The summed E-state index contributed by atoms with van der Waals surface area (Å²) in [4.78, 5) is 6.91. The molecule has 0 aromatic carbocycles. The smallest absolute Gasteiger partial charge is 0.191 e. The molecule has 1 aliphatic carbocycles. The third-order valence-corrected chi connectivity index (χ3v) is 4.54. The summed E-state index contributed by atoms with van der Waals surface area (Å²) in [7, 11) is 0. The third-order valence-electron chi connectivity index (χ3n) is 4.54. The van der Waals surface area contributed by atoms with Crippen LogP contribution in [0, 0.1) is 11.3 Å². The van der Waals surface area contributed by atoms with Gasteiger partial charge in [0.2, 0.25) is 0 Å². The van der Waals surface area contributed by atoms with Crippen molar-refractivity contribution in [2.24, 2.45) is 22.1 Å². The predicted octanol–water partition coefficient (Wildman–Crippen LogP) is 3.23. The van der Waals surface area contributed by atoms with E-state index in [-0.39, 0.29) is 24.0 Å². The van der Waals surface area contributed by atoms with Crippen molar-refractivity contribution >= 4 is 29.9 Å². The highest BCUT2D eigenvalue weighted by molar-refractivity contribution is 14.0. The Morgan fingerprint density at radius 3 is 2.39 bits per heavy atom. The Labute approximate surface area is 129 Å². The van der Waals surface area contributed by atoms with E-state index in [0.717, 1.165) is 31.5 Å². The lowest BCUT2D eigenvalue weighted by Gasteiger charge is -2.31. The summed E-state index contributed by atoms with van der Waals surface area (Å²) >= 11 is 0. The van der Waals surface area contributed by atoms with Crippen LogP contribution in [0.15, 0.2) is 4.99 Å². The number of piperidine rings is 1. The molecule has 0 aromatic rings. The number of hydrogen-bond donors (Lipinski definition) is 1. The van der Waals surface area contributed by atoms with E-state index in [1.54, 1.807) is 0 Å². The Bertz CT molecular complexity index is 277. The molecular formula is C14H28IN3. The van der Waals surface area contributed by atoms with Gasteiger partial charge in [-0.1, -0.05) is 26.7 Å². The van der Waals surface area contributed by atoms with Crippen molar-refractivity contribution in [3.8, 4) is 0 Å². The van der Waals surface area contributed by atoms with Gasteiger partial charge in [-0.25, -0.2) is 0 Å². The number of halogens is 1. The zero-order valence-corrected chi connectivity index (χ0v) is 14.2. The summed E-state index contributed by atoms with van der Waals surface area (Å²) in [5, 5.41) is 0. The molecule has 4 heteroatoms. The lowest BCUT2D eigenvalue weighted by atomic mass is 9.89. The standard InChI is InChI=1S/C14H27N3.HI/c1-12-5-9-17(10-6-12)13(15)16-11-14(2)7-3-4-8-14;/h12H,3-11H2,1-2H3,(H2,15,16);1H. The fourth-order valence-electron chi connectivity index (χ4n) is 3.00. The maximum atomic E-state index is 6.11. The molecule has 0 aromatic heterocycles. The molecule has 2 N–H and O–H groups in total. The molecule has 2 fully saturated rings. The van der Waals surface area contributed by atoms with Gasteiger partial charge in [0.25, 0.3) is 0 Å². The number of likely N-dealkylation sites (tertiary alicyclic amines) is 1. The Morgan fingerprint density at radius 2 is 1.83 bits per heavy atom. The number of hydrogen-bond acceptors (Lipinski definition) is 1. The maximum Gasteiger partial charge on any atom is 0.191 e. The molecular weight excluding hydrogens is 337 g/mol. The molecule has 0 unspecified atom stereocenters. The molecule has 1 saturated heterocycles. The molecule has 0 spiro atoms. The fourth-order valence-corrected chi connectivity index (χ4v) is 3.00. The van der Waals surface area contributed by atoms with Gasteiger partial charge in [0, 0.05) is 19.6 Å². The average molecular weight is 365 g/mol. The van der Waals surface area contributed by atoms with Gasteiger partial charge < -0.3 is 10.6 Å². The first-order valence-corrected chi connectivity index (χ1v) is 7.14. The van der Waals surface area contributed by atoms with Crippen molar-refractivity contribution in [1.29, 1.82) is 0 Å². The predicted molar refractivity (Wildman–Crippen MR) is 88.5 cm³/mol. The van der Waals surface area contributed by atoms with E-state index >= 15 is 0 Å². The Balaban J connectivity index is 0.00000162. The summed E-state index contributed by atoms with van der Waals surface area (Å²) in [6.45, 7) is 7.78. The number of guanidine groups is 1. The van der Waals surface area contributed by atoms with Crippen LogP contribution in [0.1, 0.15) is 52.4 Å². The lowest BCUT2D eigenvalue weighted by Crippen LogP contribution is -2.43. The van der Waals surface area contributed by atoms with Gasteiger partial charge in [0.1, 0.15) is 0 Å². The van der Waals surface area contributed by atoms with Crippen LogP contribution >= 0.6 is 24.0 Å². The fraction of sp³-hybridized carbons (Fsp3) is 0.929. The van der Waals surface area contributed by atoms with E-state index in [9.17, 15) is 0 Å². The van der Waals surface area contributed by atoms with Gasteiger partial charge in [0.05, 0.1) is 0 Å². The van der Waals surface area contributed by atoms with Crippen LogP contribution in [-0.2, 0) is 0 Å². The first-order chi connectivity index (χ1) is 8.09. The lowest BCUT2D eigenvalue weighted by molar-refractivity contribution is 0.275. The Morgan fingerprint density at radius 1 is 1.28 bits per heavy atom. The van der Waals surface area contributed by atoms with Crippen LogP contribution in [0.4, 0.5) is 0 Å². The van der Waals surface area contributed by atoms with E-state index < -0.39 is 0 Å². The minimum absolute atomic E-state index is 0. The van der Waals surface area contributed by atoms with Crippen molar-refractivity contribution in [3.05, 3.63) is 0 Å². The molecule has 1 aliphatic heterocycles. The summed E-state index contributed by atoms with van der Waals surface area (Å²) in [6.07, 6.45) is 7.89. The van der Waals surface area contributed by atoms with Gasteiger partial charge in [0.15, 0.2) is 5.96 Å². The number of aliphatic imine (C=N–C) groups is 1. The summed E-state index contributed by atoms with van der Waals surface area (Å²) in [5.74, 6) is 1.64. The van der Waals surface area contributed by atoms with Crippen LogP contribution in [-0.4, -0.2) is 30.5 Å². The number of nitrogens with zero attached hydrogens (tertiary/aromatic N) is 2. The molecule has 0 radical (unpaired) electrons. The Kier molecular flexibility index (Phi) is 6.21. The van der Waals surface area contributed by atoms with Crippen molar-refractivity contribution in [2.75, 3.05) is 19.6 Å². The van der Waals surface area contributed by atoms with E-state index in [4.69, 9.17) is 5.73 Å². The molecule has 18 heavy (non-hydrogen) atoms. The summed E-state index contributed by atoms with van der Waals surface area (Å²) in [5.41, 5.74) is 6.53. The zero-order valence-electron chi connectivity index (χ0n) is 11.8.